The van der Waals surface area contributed by atoms with Crippen molar-refractivity contribution < 1.29 is 4.92 Å². The maximum absolute atomic E-state index is 11.0. The minimum Gasteiger partial charge on any atom is -0.341 e. The van der Waals surface area contributed by atoms with Gasteiger partial charge in [0.2, 0.25) is 0 Å². The Morgan fingerprint density at radius 1 is 0.871 bits per heavy atom. The molecule has 0 unspecified atom stereocenters. The van der Waals surface area contributed by atoms with E-state index in [1.54, 1.807) is 6.07 Å². The van der Waals surface area contributed by atoms with Crippen LogP contribution in [0.2, 0.25) is 0 Å². The summed E-state index contributed by atoms with van der Waals surface area (Å²) in [5.74, 6) is 1.29. The standard InChI is InChI=1S/C23H17N5O2S/c29-28(30)17-11-12-18-19(13-17)25-20(24-18)14-31-23-26-21(15-7-3-1-4-8-15)22(27-23)16-9-5-2-6-10-16/h1-13H,14H2,(H,24,25)(H,26,27). The van der Waals surface area contributed by atoms with E-state index in [2.05, 4.69) is 27.1 Å². The van der Waals surface area contributed by atoms with E-state index < -0.39 is 4.92 Å². The number of hydrogen-bond acceptors (Lipinski definition) is 5. The van der Waals surface area contributed by atoms with Crippen molar-refractivity contribution in [2.45, 2.75) is 10.9 Å². The lowest BCUT2D eigenvalue weighted by Crippen LogP contribution is -1.86. The van der Waals surface area contributed by atoms with Crippen LogP contribution < -0.4 is 0 Å². The van der Waals surface area contributed by atoms with Crippen LogP contribution in [0.1, 0.15) is 5.82 Å². The molecule has 0 bridgehead atoms. The average Bonchev–Trinajstić information content (AvgIpc) is 3.42. The van der Waals surface area contributed by atoms with Gasteiger partial charge in [-0.05, 0) is 6.07 Å². The molecule has 5 aromatic rings. The number of rotatable bonds is 6. The molecule has 0 saturated heterocycles. The van der Waals surface area contributed by atoms with Crippen LogP contribution >= 0.6 is 11.8 Å². The number of nitrogens with one attached hydrogen (secondary N) is 2. The SMILES string of the molecule is O=[N+]([O-])c1ccc2nc(CSc3nc(-c4ccccc4)c(-c4ccccc4)[nH]3)[nH]c2c1. The first-order chi connectivity index (χ1) is 15.2. The summed E-state index contributed by atoms with van der Waals surface area (Å²) in [6.07, 6.45) is 0. The molecule has 0 aliphatic carbocycles. The normalized spacial score (nSPS) is 11.1. The largest absolute Gasteiger partial charge is 0.341 e. The summed E-state index contributed by atoms with van der Waals surface area (Å²) in [5.41, 5.74) is 5.37. The van der Waals surface area contributed by atoms with Gasteiger partial charge < -0.3 is 9.97 Å². The van der Waals surface area contributed by atoms with E-state index in [9.17, 15) is 10.1 Å². The molecule has 2 N–H and O–H groups in total. The first-order valence-electron chi connectivity index (χ1n) is 9.64. The highest BCUT2D eigenvalue weighted by Gasteiger charge is 2.15. The molecule has 0 amide bonds. The fourth-order valence-corrected chi connectivity index (χ4v) is 4.15. The van der Waals surface area contributed by atoms with Crippen molar-refractivity contribution in [3.05, 3.63) is 94.8 Å². The number of thioether (sulfide) groups is 1. The summed E-state index contributed by atoms with van der Waals surface area (Å²) in [5, 5.41) is 11.8. The third-order valence-electron chi connectivity index (χ3n) is 4.86. The second kappa shape index (κ2) is 8.08. The van der Waals surface area contributed by atoms with Crippen molar-refractivity contribution in [1.29, 1.82) is 0 Å². The van der Waals surface area contributed by atoms with Gasteiger partial charge >= 0.3 is 0 Å². The molecule has 152 valence electrons. The minimum atomic E-state index is -0.409. The van der Waals surface area contributed by atoms with Crippen LogP contribution in [0.25, 0.3) is 33.5 Å². The van der Waals surface area contributed by atoms with Crippen LogP contribution in [0.3, 0.4) is 0 Å². The fourth-order valence-electron chi connectivity index (χ4n) is 3.41. The van der Waals surface area contributed by atoms with E-state index in [0.717, 1.165) is 33.5 Å². The highest BCUT2D eigenvalue weighted by atomic mass is 32.2. The van der Waals surface area contributed by atoms with Crippen LogP contribution in [0.5, 0.6) is 0 Å². The van der Waals surface area contributed by atoms with Gasteiger partial charge in [0.05, 0.1) is 33.1 Å². The van der Waals surface area contributed by atoms with Crippen LogP contribution in [0.4, 0.5) is 5.69 Å². The Morgan fingerprint density at radius 3 is 2.29 bits per heavy atom. The van der Waals surface area contributed by atoms with Crippen molar-refractivity contribution in [2.75, 3.05) is 0 Å². The van der Waals surface area contributed by atoms with Crippen molar-refractivity contribution in [1.82, 2.24) is 19.9 Å². The Morgan fingerprint density at radius 2 is 1.58 bits per heavy atom. The van der Waals surface area contributed by atoms with Gasteiger partial charge in [-0.2, -0.15) is 0 Å². The quantitative estimate of drug-likeness (QED) is 0.202. The van der Waals surface area contributed by atoms with E-state index in [-0.39, 0.29) is 5.69 Å². The lowest BCUT2D eigenvalue weighted by molar-refractivity contribution is -0.384. The molecule has 0 fully saturated rings. The van der Waals surface area contributed by atoms with E-state index in [4.69, 9.17) is 4.98 Å². The van der Waals surface area contributed by atoms with Crippen molar-refractivity contribution in [3.8, 4) is 22.5 Å². The van der Waals surface area contributed by atoms with Gasteiger partial charge in [0.25, 0.3) is 5.69 Å². The zero-order valence-corrected chi connectivity index (χ0v) is 17.1. The molecule has 0 spiro atoms. The predicted molar refractivity (Wildman–Crippen MR) is 122 cm³/mol. The number of aromatic amines is 2. The van der Waals surface area contributed by atoms with Gasteiger partial charge in [0, 0.05) is 23.3 Å². The van der Waals surface area contributed by atoms with Gasteiger partial charge in [-0.1, -0.05) is 72.4 Å². The molecule has 2 aromatic heterocycles. The summed E-state index contributed by atoms with van der Waals surface area (Å²) in [7, 11) is 0. The summed E-state index contributed by atoms with van der Waals surface area (Å²) in [4.78, 5) is 26.6. The molecule has 0 atom stereocenters. The zero-order chi connectivity index (χ0) is 21.2. The smallest absolute Gasteiger partial charge is 0.271 e. The second-order valence-electron chi connectivity index (χ2n) is 6.93. The molecule has 5 rings (SSSR count). The molecule has 0 radical (unpaired) electrons. The number of nitro groups is 1. The Bertz CT molecular complexity index is 1310. The number of H-pyrrole nitrogens is 2. The van der Waals surface area contributed by atoms with Gasteiger partial charge in [-0.15, -0.1) is 0 Å². The number of fused-ring (bicyclic) bond motifs is 1. The average molecular weight is 427 g/mol. The Hall–Kier alpha value is -3.91. The molecule has 7 nitrogen and oxygen atoms in total. The Labute approximate surface area is 181 Å². The van der Waals surface area contributed by atoms with Gasteiger partial charge in [-0.25, -0.2) is 9.97 Å². The third kappa shape index (κ3) is 3.93. The van der Waals surface area contributed by atoms with E-state index in [1.165, 1.54) is 23.9 Å². The number of benzene rings is 3. The Balaban J connectivity index is 1.44. The minimum absolute atomic E-state index is 0.0430. The summed E-state index contributed by atoms with van der Waals surface area (Å²) >= 11 is 1.53. The topological polar surface area (TPSA) is 100 Å². The highest BCUT2D eigenvalue weighted by molar-refractivity contribution is 7.98. The molecule has 0 aliphatic heterocycles. The van der Waals surface area contributed by atoms with Crippen molar-refractivity contribution >= 4 is 28.5 Å². The highest BCUT2D eigenvalue weighted by Crippen LogP contribution is 2.33. The van der Waals surface area contributed by atoms with Crippen LogP contribution in [-0.2, 0) is 5.75 Å². The summed E-state index contributed by atoms with van der Waals surface area (Å²) in [6, 6.07) is 24.8. The molecule has 2 heterocycles. The second-order valence-corrected chi connectivity index (χ2v) is 7.89. The first-order valence-corrected chi connectivity index (χ1v) is 10.6. The predicted octanol–water partition coefficient (Wildman–Crippen LogP) is 5.82. The molecular formula is C23H17N5O2S. The number of hydrogen-bond donors (Lipinski definition) is 2. The number of nitro benzene ring substituents is 1. The molecule has 3 aromatic carbocycles. The number of imidazole rings is 2. The lowest BCUT2D eigenvalue weighted by Gasteiger charge is -2.02. The van der Waals surface area contributed by atoms with Gasteiger partial charge in [0.15, 0.2) is 5.16 Å². The van der Waals surface area contributed by atoms with Crippen LogP contribution in [0.15, 0.2) is 84.0 Å². The maximum atomic E-state index is 11.0. The summed E-state index contributed by atoms with van der Waals surface area (Å²) < 4.78 is 0. The lowest BCUT2D eigenvalue weighted by atomic mass is 10.1. The zero-order valence-electron chi connectivity index (χ0n) is 16.3. The van der Waals surface area contributed by atoms with Crippen LogP contribution in [-0.4, -0.2) is 24.9 Å². The molecular weight excluding hydrogens is 410 g/mol. The van der Waals surface area contributed by atoms with E-state index in [1.807, 2.05) is 48.5 Å². The third-order valence-corrected chi connectivity index (χ3v) is 5.75. The number of aromatic nitrogens is 4. The van der Waals surface area contributed by atoms with Crippen molar-refractivity contribution in [2.24, 2.45) is 0 Å². The monoisotopic (exact) mass is 427 g/mol. The molecule has 8 heteroatoms. The van der Waals surface area contributed by atoms with Gasteiger partial charge in [0.1, 0.15) is 5.82 Å². The fraction of sp³-hybridized carbons (Fsp3) is 0.0435. The van der Waals surface area contributed by atoms with E-state index >= 15 is 0 Å². The maximum Gasteiger partial charge on any atom is 0.271 e. The van der Waals surface area contributed by atoms with E-state index in [0.29, 0.717) is 16.8 Å². The van der Waals surface area contributed by atoms with Crippen molar-refractivity contribution in [3.63, 3.8) is 0 Å². The Kier molecular flexibility index (Phi) is 4.97. The molecule has 0 saturated carbocycles. The van der Waals surface area contributed by atoms with Gasteiger partial charge in [-0.3, -0.25) is 10.1 Å². The summed E-state index contributed by atoms with van der Waals surface area (Å²) in [6.45, 7) is 0. The number of nitrogens with zero attached hydrogens (tertiary/aromatic N) is 3. The molecule has 31 heavy (non-hydrogen) atoms. The van der Waals surface area contributed by atoms with Crippen LogP contribution in [0, 0.1) is 10.1 Å². The number of non-ortho nitro benzene ring substituents is 1. The first kappa shape index (κ1) is 19.1. The molecule has 0 aliphatic rings.